The van der Waals surface area contributed by atoms with E-state index in [4.69, 9.17) is 14.2 Å². The summed E-state index contributed by atoms with van der Waals surface area (Å²) in [5.41, 5.74) is 2.06. The average Bonchev–Trinajstić information content (AvgIpc) is 2.93. The molecule has 0 aromatic carbocycles. The van der Waals surface area contributed by atoms with Gasteiger partial charge in [-0.2, -0.15) is 0 Å². The molecule has 40 heavy (non-hydrogen) atoms. The molecule has 0 saturated carbocycles. The van der Waals surface area contributed by atoms with Crippen molar-refractivity contribution in [2.24, 2.45) is 23.7 Å². The van der Waals surface area contributed by atoms with Crippen LogP contribution in [0.5, 0.6) is 0 Å². The fourth-order valence-corrected chi connectivity index (χ4v) is 4.96. The van der Waals surface area contributed by atoms with E-state index in [0.29, 0.717) is 11.1 Å². The molecule has 1 rings (SSSR count). The van der Waals surface area contributed by atoms with Crippen LogP contribution < -0.4 is 0 Å². The average molecular weight is 573 g/mol. The molecule has 7 unspecified atom stereocenters. The molecule has 1 fully saturated rings. The van der Waals surface area contributed by atoms with Crippen LogP contribution >= 0.6 is 0 Å². The molecule has 1 saturated heterocycles. The van der Waals surface area contributed by atoms with Gasteiger partial charge in [-0.05, 0) is 50.3 Å². The van der Waals surface area contributed by atoms with E-state index >= 15 is 0 Å². The number of carbonyl (C=O) groups excluding carboxylic acids is 1. The van der Waals surface area contributed by atoms with Crippen LogP contribution in [0.1, 0.15) is 61.8 Å². The summed E-state index contributed by atoms with van der Waals surface area (Å²) in [5, 5.41) is 62.0. The maximum absolute atomic E-state index is 11.8. The number of hydrogen-bond acceptors (Lipinski definition) is 10. The summed E-state index contributed by atoms with van der Waals surface area (Å²) in [6.07, 6.45) is -2.99. The summed E-state index contributed by atoms with van der Waals surface area (Å²) in [4.78, 5) is 11.8. The predicted octanol–water partition coefficient (Wildman–Crippen LogP) is 1.86. The number of methoxy groups -OCH3 is 1. The molecule has 1 aliphatic heterocycles. The van der Waals surface area contributed by atoms with Gasteiger partial charge in [-0.25, -0.2) is 0 Å². The lowest BCUT2D eigenvalue weighted by Gasteiger charge is -2.41. The van der Waals surface area contributed by atoms with Crippen LogP contribution in [0.15, 0.2) is 34.9 Å². The van der Waals surface area contributed by atoms with Gasteiger partial charge >= 0.3 is 5.97 Å². The molecule has 1 heterocycles. The fraction of sp³-hybridized carbons (Fsp3) is 0.767. The van der Waals surface area contributed by atoms with Crippen molar-refractivity contribution >= 4 is 5.97 Å². The normalized spacial score (nSPS) is 30.2. The number of carbonyl (C=O) groups is 1. The van der Waals surface area contributed by atoms with E-state index in [0.717, 1.165) is 12.0 Å². The molecule has 0 spiro atoms. The van der Waals surface area contributed by atoms with Gasteiger partial charge in [0, 0.05) is 11.8 Å². The summed E-state index contributed by atoms with van der Waals surface area (Å²) in [7, 11) is 1.26. The van der Waals surface area contributed by atoms with Crippen LogP contribution in [0.2, 0.25) is 0 Å². The van der Waals surface area contributed by atoms with E-state index in [-0.39, 0.29) is 17.8 Å². The number of aliphatic hydroxyl groups excluding tert-OH is 6. The van der Waals surface area contributed by atoms with Crippen LogP contribution in [0.4, 0.5) is 0 Å². The second kappa shape index (κ2) is 16.7. The van der Waals surface area contributed by atoms with Crippen molar-refractivity contribution in [3.8, 4) is 0 Å². The quantitative estimate of drug-likeness (QED) is 0.134. The van der Waals surface area contributed by atoms with E-state index in [1.807, 2.05) is 26.8 Å². The van der Waals surface area contributed by atoms with Crippen molar-refractivity contribution in [1.82, 2.24) is 0 Å². The molecule has 10 nitrogen and oxygen atoms in total. The van der Waals surface area contributed by atoms with E-state index in [9.17, 15) is 35.4 Å². The zero-order chi connectivity index (χ0) is 30.9. The summed E-state index contributed by atoms with van der Waals surface area (Å²) in [6.45, 7) is 14.2. The van der Waals surface area contributed by atoms with Gasteiger partial charge in [-0.15, -0.1) is 0 Å². The summed E-state index contributed by atoms with van der Waals surface area (Å²) < 4.78 is 16.5. The third-order valence-corrected chi connectivity index (χ3v) is 7.78. The first-order chi connectivity index (χ1) is 18.6. The summed E-state index contributed by atoms with van der Waals surface area (Å²) >= 11 is 0. The van der Waals surface area contributed by atoms with Crippen LogP contribution in [-0.4, -0.2) is 99.3 Å². The Kier molecular flexibility index (Phi) is 15.2. The molecule has 1 aliphatic rings. The first-order valence-corrected chi connectivity index (χ1v) is 14.1. The Labute approximate surface area is 239 Å². The second-order valence-electron chi connectivity index (χ2n) is 11.3. The highest BCUT2D eigenvalue weighted by atomic mass is 16.7. The van der Waals surface area contributed by atoms with E-state index in [1.165, 1.54) is 7.11 Å². The van der Waals surface area contributed by atoms with Crippen molar-refractivity contribution in [2.45, 2.75) is 111 Å². The SMILES string of the molecule is CCC(C)/C=C(\C)C(O[C@@H]1O[C@H](CO)[C@@H](O)[C@H](O)[C@@H]1O)C(C)/C=C(\C)C(O)C(C)/C=C(\C)C(O)C(C)C(=O)OC. The smallest absolute Gasteiger partial charge is 0.311 e. The second-order valence-corrected chi connectivity index (χ2v) is 11.3. The van der Waals surface area contributed by atoms with Crippen LogP contribution in [0.25, 0.3) is 0 Å². The number of aliphatic hydroxyl groups is 6. The van der Waals surface area contributed by atoms with Crippen molar-refractivity contribution < 1.29 is 49.6 Å². The van der Waals surface area contributed by atoms with Gasteiger partial charge in [0.1, 0.15) is 24.4 Å². The number of rotatable bonds is 14. The standard InChI is InChI=1S/C30H52O10/c1-10-15(2)11-19(6)28(40-30-27(36)26(35)25(34)22(14-31)39-30)20(7)13-17(4)23(32)16(3)12-18(5)24(33)21(8)29(37)38-9/h11-13,15-16,20-28,30-36H,10,14H2,1-9H3/b17-13+,18-12+,19-11+/t15?,16?,20?,21?,22-,23?,24?,25-,26+,27+,28?,30+/m1/s1. The van der Waals surface area contributed by atoms with Crippen molar-refractivity contribution in [1.29, 1.82) is 0 Å². The van der Waals surface area contributed by atoms with Crippen molar-refractivity contribution in [3.63, 3.8) is 0 Å². The molecule has 0 aromatic heterocycles. The molecule has 0 amide bonds. The number of ether oxygens (including phenoxy) is 3. The lowest BCUT2D eigenvalue weighted by Crippen LogP contribution is -2.60. The van der Waals surface area contributed by atoms with Crippen LogP contribution in [0, 0.1) is 23.7 Å². The zero-order valence-corrected chi connectivity index (χ0v) is 25.4. The highest BCUT2D eigenvalue weighted by Crippen LogP contribution is 2.29. The summed E-state index contributed by atoms with van der Waals surface area (Å²) in [5.74, 6) is -1.72. The maximum Gasteiger partial charge on any atom is 0.311 e. The van der Waals surface area contributed by atoms with Gasteiger partial charge in [0.2, 0.25) is 0 Å². The zero-order valence-electron chi connectivity index (χ0n) is 25.4. The molecule has 0 radical (unpaired) electrons. The predicted molar refractivity (Wildman–Crippen MR) is 151 cm³/mol. The number of esters is 1. The molecule has 0 aromatic rings. The van der Waals surface area contributed by atoms with Gasteiger partial charge in [0.25, 0.3) is 0 Å². The fourth-order valence-electron chi connectivity index (χ4n) is 4.96. The summed E-state index contributed by atoms with van der Waals surface area (Å²) in [6, 6.07) is 0. The first-order valence-electron chi connectivity index (χ1n) is 14.1. The van der Waals surface area contributed by atoms with Crippen LogP contribution in [-0.2, 0) is 19.0 Å². The van der Waals surface area contributed by atoms with Gasteiger partial charge in [0.05, 0.1) is 37.9 Å². The van der Waals surface area contributed by atoms with Gasteiger partial charge < -0.3 is 44.8 Å². The Morgan fingerprint density at radius 2 is 1.40 bits per heavy atom. The minimum Gasteiger partial charge on any atom is -0.469 e. The lowest BCUT2D eigenvalue weighted by atomic mass is 9.88. The Balaban J connectivity index is 3.22. The molecular weight excluding hydrogens is 520 g/mol. The monoisotopic (exact) mass is 572 g/mol. The Morgan fingerprint density at radius 3 is 1.93 bits per heavy atom. The Bertz CT molecular complexity index is 882. The topological polar surface area (TPSA) is 166 Å². The molecule has 232 valence electrons. The van der Waals surface area contributed by atoms with E-state index in [1.54, 1.807) is 26.8 Å². The number of allylic oxidation sites excluding steroid dienone is 1. The van der Waals surface area contributed by atoms with E-state index < -0.39 is 67.5 Å². The molecule has 0 bridgehead atoms. The highest BCUT2D eigenvalue weighted by Gasteiger charge is 2.45. The molecule has 6 N–H and O–H groups in total. The van der Waals surface area contributed by atoms with Crippen molar-refractivity contribution in [2.75, 3.05) is 13.7 Å². The van der Waals surface area contributed by atoms with Gasteiger partial charge in [-0.1, -0.05) is 52.3 Å². The Hall–Kier alpha value is -1.63. The minimum absolute atomic E-state index is 0.246. The molecule has 12 atom stereocenters. The highest BCUT2D eigenvalue weighted by molar-refractivity contribution is 5.73. The Morgan fingerprint density at radius 1 is 0.850 bits per heavy atom. The number of hydrogen-bond donors (Lipinski definition) is 6. The lowest BCUT2D eigenvalue weighted by molar-refractivity contribution is -0.310. The third kappa shape index (κ3) is 9.73. The van der Waals surface area contributed by atoms with Gasteiger partial charge in [0.15, 0.2) is 6.29 Å². The van der Waals surface area contributed by atoms with Crippen LogP contribution in [0.3, 0.4) is 0 Å². The molecular formula is C30H52O10. The maximum atomic E-state index is 11.8. The van der Waals surface area contributed by atoms with Gasteiger partial charge in [-0.3, -0.25) is 4.79 Å². The van der Waals surface area contributed by atoms with Crippen molar-refractivity contribution in [3.05, 3.63) is 34.9 Å². The molecule has 10 heteroatoms. The first kappa shape index (κ1) is 36.4. The minimum atomic E-state index is -1.56. The molecule has 0 aliphatic carbocycles. The largest absolute Gasteiger partial charge is 0.469 e. The third-order valence-electron chi connectivity index (χ3n) is 7.78. The van der Waals surface area contributed by atoms with E-state index in [2.05, 4.69) is 19.9 Å².